The van der Waals surface area contributed by atoms with Crippen LogP contribution in [0.25, 0.3) is 0 Å². The van der Waals surface area contributed by atoms with Crippen LogP contribution < -0.4 is 0 Å². The van der Waals surface area contributed by atoms with Crippen LogP contribution in [0.3, 0.4) is 0 Å². The number of nitrogens with zero attached hydrogens (tertiary/aromatic N) is 1. The molecule has 2 aliphatic rings. The van der Waals surface area contributed by atoms with Gasteiger partial charge in [-0.1, -0.05) is 26.7 Å². The lowest BCUT2D eigenvalue weighted by molar-refractivity contribution is 0.0977. The minimum atomic E-state index is 0.925. The molecule has 2 rings (SSSR count). The van der Waals surface area contributed by atoms with E-state index in [1.54, 1.807) is 0 Å². The van der Waals surface area contributed by atoms with Gasteiger partial charge < -0.3 is 4.90 Å². The number of hydrogen-bond acceptors (Lipinski definition) is 1. The van der Waals surface area contributed by atoms with Crippen molar-refractivity contribution in [1.82, 2.24) is 4.90 Å². The summed E-state index contributed by atoms with van der Waals surface area (Å²) in [4.78, 5) is 2.76. The summed E-state index contributed by atoms with van der Waals surface area (Å²) < 4.78 is 0. The molecule has 13 heavy (non-hydrogen) atoms. The molecule has 1 heteroatoms. The summed E-state index contributed by atoms with van der Waals surface area (Å²) in [7, 11) is 0. The van der Waals surface area contributed by atoms with Crippen LogP contribution in [-0.2, 0) is 0 Å². The lowest BCUT2D eigenvalue weighted by Crippen LogP contribution is -2.43. The van der Waals surface area contributed by atoms with Gasteiger partial charge in [-0.05, 0) is 37.6 Å². The Morgan fingerprint density at radius 2 is 1.62 bits per heavy atom. The lowest BCUT2D eigenvalue weighted by atomic mass is 9.88. The minimum Gasteiger partial charge on any atom is -0.300 e. The molecular weight excluding hydrogens is 158 g/mol. The van der Waals surface area contributed by atoms with Crippen molar-refractivity contribution in [2.45, 2.75) is 52.0 Å². The van der Waals surface area contributed by atoms with Crippen LogP contribution in [-0.4, -0.2) is 24.0 Å². The standard InChI is InChI=1S/C12H23N/c1-10-7-8-13(9-11(10)2)12-5-3-4-6-12/h10-12H,3-9H2,1-2H3/t10-,11-/m0/s1. The fourth-order valence-corrected chi connectivity index (χ4v) is 2.90. The highest BCUT2D eigenvalue weighted by Crippen LogP contribution is 2.29. The predicted octanol–water partition coefficient (Wildman–Crippen LogP) is 2.91. The molecule has 0 aromatic heterocycles. The van der Waals surface area contributed by atoms with Crippen LogP contribution in [0.4, 0.5) is 0 Å². The second-order valence-corrected chi connectivity index (χ2v) is 5.18. The summed E-state index contributed by atoms with van der Waals surface area (Å²) in [5, 5.41) is 0. The Labute approximate surface area is 82.5 Å². The smallest absolute Gasteiger partial charge is 0.00953 e. The van der Waals surface area contributed by atoms with Crippen molar-refractivity contribution < 1.29 is 0 Å². The van der Waals surface area contributed by atoms with E-state index >= 15 is 0 Å². The van der Waals surface area contributed by atoms with Gasteiger partial charge in [-0.2, -0.15) is 0 Å². The van der Waals surface area contributed by atoms with Crippen molar-refractivity contribution in [3.8, 4) is 0 Å². The lowest BCUT2D eigenvalue weighted by Gasteiger charge is -2.38. The van der Waals surface area contributed by atoms with Crippen LogP contribution in [0.2, 0.25) is 0 Å². The number of likely N-dealkylation sites (tertiary alicyclic amines) is 1. The number of rotatable bonds is 1. The molecule has 0 aromatic rings. The van der Waals surface area contributed by atoms with Crippen LogP contribution in [0.5, 0.6) is 0 Å². The van der Waals surface area contributed by atoms with Crippen molar-refractivity contribution in [3.63, 3.8) is 0 Å². The maximum atomic E-state index is 2.76. The number of hydrogen-bond donors (Lipinski definition) is 0. The molecule has 1 aliphatic heterocycles. The first-order valence-corrected chi connectivity index (χ1v) is 6.01. The third-order valence-electron chi connectivity index (χ3n) is 4.21. The molecule has 1 nitrogen and oxygen atoms in total. The topological polar surface area (TPSA) is 3.24 Å². The fraction of sp³-hybridized carbons (Fsp3) is 1.00. The van der Waals surface area contributed by atoms with E-state index in [-0.39, 0.29) is 0 Å². The monoisotopic (exact) mass is 181 g/mol. The quantitative estimate of drug-likeness (QED) is 0.601. The van der Waals surface area contributed by atoms with Gasteiger partial charge in [-0.15, -0.1) is 0 Å². The highest BCUT2D eigenvalue weighted by Gasteiger charge is 2.28. The van der Waals surface area contributed by atoms with Crippen LogP contribution in [0.1, 0.15) is 46.0 Å². The van der Waals surface area contributed by atoms with Crippen LogP contribution in [0.15, 0.2) is 0 Å². The van der Waals surface area contributed by atoms with Gasteiger partial charge >= 0.3 is 0 Å². The molecular formula is C12H23N. The van der Waals surface area contributed by atoms with E-state index in [0.29, 0.717) is 0 Å². The van der Waals surface area contributed by atoms with E-state index in [2.05, 4.69) is 18.7 Å². The predicted molar refractivity (Wildman–Crippen MR) is 56.8 cm³/mol. The molecule has 1 heterocycles. The Balaban J connectivity index is 1.87. The maximum Gasteiger partial charge on any atom is 0.00953 e. The highest BCUT2D eigenvalue weighted by atomic mass is 15.2. The molecule has 0 spiro atoms. The second kappa shape index (κ2) is 4.00. The highest BCUT2D eigenvalue weighted by molar-refractivity contribution is 4.83. The van der Waals surface area contributed by atoms with E-state index in [9.17, 15) is 0 Å². The van der Waals surface area contributed by atoms with Gasteiger partial charge in [0.1, 0.15) is 0 Å². The van der Waals surface area contributed by atoms with Gasteiger partial charge in [0.15, 0.2) is 0 Å². The van der Waals surface area contributed by atoms with E-state index in [0.717, 1.165) is 17.9 Å². The van der Waals surface area contributed by atoms with Crippen molar-refractivity contribution in [1.29, 1.82) is 0 Å². The average Bonchev–Trinajstić information content (AvgIpc) is 2.62. The van der Waals surface area contributed by atoms with Crippen molar-refractivity contribution >= 4 is 0 Å². The zero-order valence-corrected chi connectivity index (χ0v) is 9.13. The molecule has 0 aromatic carbocycles. The Hall–Kier alpha value is -0.0400. The third-order valence-corrected chi connectivity index (χ3v) is 4.21. The largest absolute Gasteiger partial charge is 0.300 e. The Morgan fingerprint density at radius 1 is 0.923 bits per heavy atom. The van der Waals surface area contributed by atoms with E-state index < -0.39 is 0 Å². The molecule has 76 valence electrons. The summed E-state index contributed by atoms with van der Waals surface area (Å²) >= 11 is 0. The molecule has 0 bridgehead atoms. The SMILES string of the molecule is C[C@H]1CCN(C2CCCC2)C[C@@H]1C. The second-order valence-electron chi connectivity index (χ2n) is 5.18. The minimum absolute atomic E-state index is 0.925. The molecule has 0 radical (unpaired) electrons. The first-order valence-electron chi connectivity index (χ1n) is 6.01. The summed E-state index contributed by atoms with van der Waals surface area (Å²) in [6.07, 6.45) is 7.33. The first kappa shape index (κ1) is 9.51. The fourth-order valence-electron chi connectivity index (χ4n) is 2.90. The van der Waals surface area contributed by atoms with Gasteiger partial charge in [0.25, 0.3) is 0 Å². The maximum absolute atomic E-state index is 2.76. The van der Waals surface area contributed by atoms with Crippen molar-refractivity contribution in [3.05, 3.63) is 0 Å². The Bertz CT molecular complexity index is 161. The van der Waals surface area contributed by atoms with Gasteiger partial charge in [0.2, 0.25) is 0 Å². The van der Waals surface area contributed by atoms with Gasteiger partial charge in [-0.3, -0.25) is 0 Å². The Kier molecular flexibility index (Phi) is 2.92. The summed E-state index contributed by atoms with van der Waals surface area (Å²) in [5.74, 6) is 1.88. The van der Waals surface area contributed by atoms with Gasteiger partial charge in [0.05, 0.1) is 0 Å². The molecule has 0 N–H and O–H groups in total. The van der Waals surface area contributed by atoms with Crippen molar-refractivity contribution in [2.75, 3.05) is 13.1 Å². The van der Waals surface area contributed by atoms with Crippen molar-refractivity contribution in [2.24, 2.45) is 11.8 Å². The van der Waals surface area contributed by atoms with Gasteiger partial charge in [0, 0.05) is 12.6 Å². The average molecular weight is 181 g/mol. The van der Waals surface area contributed by atoms with Crippen LogP contribution >= 0.6 is 0 Å². The normalized spacial score (nSPS) is 38.3. The molecule has 0 unspecified atom stereocenters. The first-order chi connectivity index (χ1) is 6.27. The van der Waals surface area contributed by atoms with E-state index in [1.807, 2.05) is 0 Å². The molecule has 2 fully saturated rings. The molecule has 0 amide bonds. The molecule has 1 saturated carbocycles. The van der Waals surface area contributed by atoms with Crippen LogP contribution in [0, 0.1) is 11.8 Å². The third kappa shape index (κ3) is 2.07. The molecule has 1 saturated heterocycles. The zero-order chi connectivity index (χ0) is 9.26. The Morgan fingerprint density at radius 3 is 2.23 bits per heavy atom. The van der Waals surface area contributed by atoms with E-state index in [1.165, 1.54) is 45.2 Å². The summed E-state index contributed by atoms with van der Waals surface area (Å²) in [6.45, 7) is 7.57. The number of piperidine rings is 1. The summed E-state index contributed by atoms with van der Waals surface area (Å²) in [5.41, 5.74) is 0. The summed E-state index contributed by atoms with van der Waals surface area (Å²) in [6, 6.07) is 0.954. The van der Waals surface area contributed by atoms with E-state index in [4.69, 9.17) is 0 Å². The van der Waals surface area contributed by atoms with Gasteiger partial charge in [-0.25, -0.2) is 0 Å². The molecule has 2 atom stereocenters. The molecule has 1 aliphatic carbocycles. The zero-order valence-electron chi connectivity index (χ0n) is 9.13.